The van der Waals surface area contributed by atoms with Crippen LogP contribution in [-0.4, -0.2) is 45.7 Å². The molecule has 0 saturated heterocycles. The third kappa shape index (κ3) is 5.73. The number of hydrogen-bond acceptors (Lipinski definition) is 4. The minimum absolute atomic E-state index is 0.160. The Morgan fingerprint density at radius 2 is 2.00 bits per heavy atom. The second-order valence-corrected chi connectivity index (χ2v) is 5.11. The second kappa shape index (κ2) is 9.04. The number of carbonyl (C=O) groups excluding carboxylic acids is 2. The summed E-state index contributed by atoms with van der Waals surface area (Å²) in [5.41, 5.74) is 1.95. The summed E-state index contributed by atoms with van der Waals surface area (Å²) >= 11 is 0. The summed E-state index contributed by atoms with van der Waals surface area (Å²) in [4.78, 5) is 25.4. The van der Waals surface area contributed by atoms with Crippen LogP contribution in [0.1, 0.15) is 30.6 Å². The predicted octanol–water partition coefficient (Wildman–Crippen LogP) is 1.87. The Kier molecular flexibility index (Phi) is 7.39. The van der Waals surface area contributed by atoms with E-state index >= 15 is 0 Å². The first-order valence-corrected chi connectivity index (χ1v) is 7.40. The second-order valence-electron chi connectivity index (χ2n) is 5.11. The van der Waals surface area contributed by atoms with Gasteiger partial charge in [0.25, 0.3) is 5.91 Å². The molecule has 122 valence electrons. The zero-order chi connectivity index (χ0) is 16.5. The SMILES string of the molecule is CCOCCCNC(=O)c1cc(NC(C)=O)ccc1N(C)C. The van der Waals surface area contributed by atoms with Crippen molar-refractivity contribution in [2.24, 2.45) is 0 Å². The van der Waals surface area contributed by atoms with Gasteiger partial charge in [-0.25, -0.2) is 0 Å². The molecule has 0 radical (unpaired) electrons. The first-order valence-electron chi connectivity index (χ1n) is 7.40. The summed E-state index contributed by atoms with van der Waals surface area (Å²) in [7, 11) is 3.75. The topological polar surface area (TPSA) is 70.7 Å². The lowest BCUT2D eigenvalue weighted by Gasteiger charge is -2.18. The van der Waals surface area contributed by atoms with Crippen LogP contribution >= 0.6 is 0 Å². The zero-order valence-electron chi connectivity index (χ0n) is 13.7. The molecule has 0 saturated carbocycles. The zero-order valence-corrected chi connectivity index (χ0v) is 13.7. The van der Waals surface area contributed by atoms with Gasteiger partial charge in [-0.15, -0.1) is 0 Å². The van der Waals surface area contributed by atoms with E-state index in [0.717, 1.165) is 12.1 Å². The van der Waals surface area contributed by atoms with E-state index in [-0.39, 0.29) is 11.8 Å². The van der Waals surface area contributed by atoms with Crippen LogP contribution in [0.15, 0.2) is 18.2 Å². The van der Waals surface area contributed by atoms with Crippen molar-refractivity contribution in [1.82, 2.24) is 5.32 Å². The van der Waals surface area contributed by atoms with Gasteiger partial charge in [-0.05, 0) is 31.5 Å². The molecule has 0 heterocycles. The Morgan fingerprint density at radius 1 is 1.27 bits per heavy atom. The van der Waals surface area contributed by atoms with Gasteiger partial charge in [-0.2, -0.15) is 0 Å². The smallest absolute Gasteiger partial charge is 0.253 e. The lowest BCUT2D eigenvalue weighted by molar-refractivity contribution is -0.114. The van der Waals surface area contributed by atoms with Gasteiger partial charge in [0.05, 0.1) is 5.56 Å². The summed E-state index contributed by atoms with van der Waals surface area (Å²) in [6.45, 7) is 5.24. The van der Waals surface area contributed by atoms with E-state index < -0.39 is 0 Å². The van der Waals surface area contributed by atoms with Gasteiger partial charge in [-0.1, -0.05) is 0 Å². The van der Waals surface area contributed by atoms with Crippen molar-refractivity contribution in [3.05, 3.63) is 23.8 Å². The summed E-state index contributed by atoms with van der Waals surface area (Å²) in [5, 5.41) is 5.57. The fraction of sp³-hybridized carbons (Fsp3) is 0.500. The van der Waals surface area contributed by atoms with Crippen LogP contribution in [0.3, 0.4) is 0 Å². The first-order chi connectivity index (χ1) is 10.5. The first kappa shape index (κ1) is 18.0. The third-order valence-corrected chi connectivity index (χ3v) is 3.00. The molecule has 6 heteroatoms. The third-order valence-electron chi connectivity index (χ3n) is 3.00. The molecular weight excluding hydrogens is 282 g/mol. The molecule has 6 nitrogen and oxygen atoms in total. The molecule has 2 N–H and O–H groups in total. The lowest BCUT2D eigenvalue weighted by atomic mass is 10.1. The van der Waals surface area contributed by atoms with Crippen LogP contribution in [0.5, 0.6) is 0 Å². The van der Waals surface area contributed by atoms with E-state index in [4.69, 9.17) is 4.74 Å². The van der Waals surface area contributed by atoms with E-state index in [2.05, 4.69) is 10.6 Å². The number of nitrogens with zero attached hydrogens (tertiary/aromatic N) is 1. The Hall–Kier alpha value is -2.08. The van der Waals surface area contributed by atoms with Crippen molar-refractivity contribution >= 4 is 23.2 Å². The van der Waals surface area contributed by atoms with Crippen molar-refractivity contribution in [1.29, 1.82) is 0 Å². The fourth-order valence-electron chi connectivity index (χ4n) is 2.00. The maximum atomic E-state index is 12.3. The summed E-state index contributed by atoms with van der Waals surface area (Å²) in [6.07, 6.45) is 0.766. The minimum Gasteiger partial charge on any atom is -0.382 e. The molecule has 0 aliphatic carbocycles. The van der Waals surface area contributed by atoms with Gasteiger partial charge in [0.1, 0.15) is 0 Å². The van der Waals surface area contributed by atoms with Crippen molar-refractivity contribution in [2.45, 2.75) is 20.3 Å². The highest BCUT2D eigenvalue weighted by atomic mass is 16.5. The average Bonchev–Trinajstić information content (AvgIpc) is 2.45. The van der Waals surface area contributed by atoms with Crippen LogP contribution in [0.4, 0.5) is 11.4 Å². The number of benzene rings is 1. The molecule has 0 aliphatic rings. The number of nitrogens with one attached hydrogen (secondary N) is 2. The van der Waals surface area contributed by atoms with Crippen LogP contribution in [-0.2, 0) is 9.53 Å². The standard InChI is InChI=1S/C16H25N3O3/c1-5-22-10-6-9-17-16(21)14-11-13(18-12(2)20)7-8-15(14)19(3)4/h7-8,11H,5-6,9-10H2,1-4H3,(H,17,21)(H,18,20). The monoisotopic (exact) mass is 307 g/mol. The highest BCUT2D eigenvalue weighted by Gasteiger charge is 2.14. The molecule has 0 aromatic heterocycles. The molecule has 1 aromatic carbocycles. The van der Waals surface area contributed by atoms with Crippen molar-refractivity contribution in [3.63, 3.8) is 0 Å². The van der Waals surface area contributed by atoms with E-state index in [1.165, 1.54) is 6.92 Å². The van der Waals surface area contributed by atoms with Crippen LogP contribution in [0.25, 0.3) is 0 Å². The Bertz CT molecular complexity index is 515. The number of amides is 2. The summed E-state index contributed by atoms with van der Waals surface area (Å²) < 4.78 is 5.24. The molecule has 0 fully saturated rings. The van der Waals surface area contributed by atoms with Gasteiger partial charge >= 0.3 is 0 Å². The Morgan fingerprint density at radius 3 is 2.59 bits per heavy atom. The molecule has 0 bridgehead atoms. The largest absolute Gasteiger partial charge is 0.382 e. The maximum absolute atomic E-state index is 12.3. The molecule has 2 amide bonds. The normalized spacial score (nSPS) is 10.2. The van der Waals surface area contributed by atoms with Crippen molar-refractivity contribution in [3.8, 4) is 0 Å². The van der Waals surface area contributed by atoms with E-state index in [0.29, 0.717) is 31.0 Å². The predicted molar refractivity (Wildman–Crippen MR) is 88.5 cm³/mol. The number of rotatable bonds is 8. The van der Waals surface area contributed by atoms with Crippen molar-refractivity contribution < 1.29 is 14.3 Å². The highest BCUT2D eigenvalue weighted by molar-refractivity contribution is 6.01. The van der Waals surface area contributed by atoms with Crippen molar-refractivity contribution in [2.75, 3.05) is 44.1 Å². The average molecular weight is 307 g/mol. The number of anilines is 2. The fourth-order valence-corrected chi connectivity index (χ4v) is 2.00. The quantitative estimate of drug-likeness (QED) is 0.719. The molecule has 0 atom stereocenters. The maximum Gasteiger partial charge on any atom is 0.253 e. The molecule has 0 aliphatic heterocycles. The van der Waals surface area contributed by atoms with Crippen LogP contribution in [0, 0.1) is 0 Å². The number of hydrogen-bond donors (Lipinski definition) is 2. The molecule has 22 heavy (non-hydrogen) atoms. The number of carbonyl (C=O) groups is 2. The van der Waals surface area contributed by atoms with Gasteiger partial charge in [-0.3, -0.25) is 9.59 Å². The molecule has 0 unspecified atom stereocenters. The van der Waals surface area contributed by atoms with Crippen LogP contribution in [0.2, 0.25) is 0 Å². The van der Waals surface area contributed by atoms with Gasteiger partial charge in [0.15, 0.2) is 0 Å². The van der Waals surface area contributed by atoms with E-state index in [1.54, 1.807) is 12.1 Å². The minimum atomic E-state index is -0.166. The lowest BCUT2D eigenvalue weighted by Crippen LogP contribution is -2.27. The summed E-state index contributed by atoms with van der Waals surface area (Å²) in [5.74, 6) is -0.326. The van der Waals surface area contributed by atoms with E-state index in [9.17, 15) is 9.59 Å². The molecule has 1 rings (SSSR count). The van der Waals surface area contributed by atoms with Crippen LogP contribution < -0.4 is 15.5 Å². The Balaban J connectivity index is 2.79. The van der Waals surface area contributed by atoms with E-state index in [1.807, 2.05) is 32.0 Å². The number of ether oxygens (including phenoxy) is 1. The van der Waals surface area contributed by atoms with Gasteiger partial charge in [0, 0.05) is 52.2 Å². The Labute approximate surface area is 131 Å². The van der Waals surface area contributed by atoms with Gasteiger partial charge in [0.2, 0.25) is 5.91 Å². The molecular formula is C16H25N3O3. The summed E-state index contributed by atoms with van der Waals surface area (Å²) in [6, 6.07) is 5.29. The highest BCUT2D eigenvalue weighted by Crippen LogP contribution is 2.23. The molecule has 0 spiro atoms. The molecule has 1 aromatic rings. The van der Waals surface area contributed by atoms with Gasteiger partial charge < -0.3 is 20.3 Å².